The zero-order valence-electron chi connectivity index (χ0n) is 17.0. The summed E-state index contributed by atoms with van der Waals surface area (Å²) in [5.41, 5.74) is 2.34. The molecule has 5 heteroatoms. The number of carbonyl (C=O) groups is 2. The van der Waals surface area contributed by atoms with Crippen LogP contribution in [0.3, 0.4) is 0 Å². The van der Waals surface area contributed by atoms with Gasteiger partial charge in [-0.05, 0) is 38.0 Å². The number of likely N-dealkylation sites (tertiary alicyclic amines) is 1. The van der Waals surface area contributed by atoms with Crippen LogP contribution in [0.25, 0.3) is 5.76 Å². The first kappa shape index (κ1) is 20.8. The predicted octanol–water partition coefficient (Wildman–Crippen LogP) is 5.05. The van der Waals surface area contributed by atoms with E-state index in [0.29, 0.717) is 18.5 Å². The first-order valence-electron chi connectivity index (χ1n) is 9.97. The van der Waals surface area contributed by atoms with E-state index in [1.54, 1.807) is 24.3 Å². The van der Waals surface area contributed by atoms with Gasteiger partial charge in [0.15, 0.2) is 0 Å². The molecule has 0 saturated carbocycles. The highest BCUT2D eigenvalue weighted by molar-refractivity contribution is 6.46. The molecule has 152 valence electrons. The van der Waals surface area contributed by atoms with Gasteiger partial charge in [0.2, 0.25) is 0 Å². The Morgan fingerprint density at radius 1 is 1.10 bits per heavy atom. The molecule has 0 radical (unpaired) electrons. The molecule has 1 unspecified atom stereocenters. The van der Waals surface area contributed by atoms with Crippen molar-refractivity contribution in [1.82, 2.24) is 4.90 Å². The molecule has 1 aliphatic rings. The Balaban J connectivity index is 2.19. The Labute approximate surface area is 170 Å². The molecule has 1 atom stereocenters. The predicted molar refractivity (Wildman–Crippen MR) is 111 cm³/mol. The summed E-state index contributed by atoms with van der Waals surface area (Å²) in [5, 5.41) is 11.1. The van der Waals surface area contributed by atoms with Crippen LogP contribution in [0.4, 0.5) is 4.39 Å². The number of unbranched alkanes of at least 4 members (excludes halogenated alkanes) is 2. The smallest absolute Gasteiger partial charge is 0.295 e. The lowest BCUT2D eigenvalue weighted by atomic mass is 9.93. The number of aliphatic hydroxyl groups excluding tert-OH is 1. The Morgan fingerprint density at radius 2 is 1.83 bits per heavy atom. The van der Waals surface area contributed by atoms with Crippen LogP contribution in [0.2, 0.25) is 0 Å². The summed E-state index contributed by atoms with van der Waals surface area (Å²) in [4.78, 5) is 27.1. The van der Waals surface area contributed by atoms with Gasteiger partial charge in [-0.1, -0.05) is 55.7 Å². The molecule has 1 N–H and O–H groups in total. The van der Waals surface area contributed by atoms with Crippen molar-refractivity contribution in [3.8, 4) is 0 Å². The zero-order valence-corrected chi connectivity index (χ0v) is 17.0. The maximum absolute atomic E-state index is 14.7. The molecule has 1 aliphatic heterocycles. The third-order valence-corrected chi connectivity index (χ3v) is 5.39. The fourth-order valence-corrected chi connectivity index (χ4v) is 3.80. The number of ketones is 1. The van der Waals surface area contributed by atoms with Crippen molar-refractivity contribution in [2.75, 3.05) is 6.54 Å². The molecule has 0 aromatic heterocycles. The van der Waals surface area contributed by atoms with E-state index in [0.717, 1.165) is 24.0 Å². The first-order chi connectivity index (χ1) is 13.9. The Morgan fingerprint density at radius 3 is 2.52 bits per heavy atom. The van der Waals surface area contributed by atoms with E-state index in [1.807, 2.05) is 32.9 Å². The molecule has 3 rings (SSSR count). The number of Topliss-reactive ketones (excluding diaryl/α,β-unsaturated/α-hetero) is 1. The highest BCUT2D eigenvalue weighted by atomic mass is 19.1. The van der Waals surface area contributed by atoms with Gasteiger partial charge in [0.05, 0.1) is 11.6 Å². The maximum atomic E-state index is 14.7. The fraction of sp³-hybridized carbons (Fsp3) is 0.333. The van der Waals surface area contributed by atoms with E-state index in [1.165, 1.54) is 11.0 Å². The molecule has 0 spiro atoms. The van der Waals surface area contributed by atoms with Crippen molar-refractivity contribution in [2.24, 2.45) is 0 Å². The van der Waals surface area contributed by atoms with Gasteiger partial charge in [-0.2, -0.15) is 0 Å². The Bertz CT molecular complexity index is 980. The van der Waals surface area contributed by atoms with Crippen molar-refractivity contribution >= 4 is 17.4 Å². The van der Waals surface area contributed by atoms with Crippen molar-refractivity contribution in [2.45, 2.75) is 46.1 Å². The highest BCUT2D eigenvalue weighted by Gasteiger charge is 2.46. The molecule has 2 aromatic rings. The second kappa shape index (κ2) is 8.60. The number of carbonyl (C=O) groups excluding carboxylic acids is 2. The van der Waals surface area contributed by atoms with Gasteiger partial charge in [0.1, 0.15) is 11.6 Å². The molecule has 2 aromatic carbocycles. The average molecular weight is 395 g/mol. The van der Waals surface area contributed by atoms with Crippen LogP contribution in [0.1, 0.15) is 54.5 Å². The van der Waals surface area contributed by atoms with E-state index < -0.39 is 23.5 Å². The molecule has 0 bridgehead atoms. The highest BCUT2D eigenvalue weighted by Crippen LogP contribution is 2.40. The number of benzene rings is 2. The van der Waals surface area contributed by atoms with Crippen LogP contribution < -0.4 is 0 Å². The number of halogens is 1. The van der Waals surface area contributed by atoms with Crippen LogP contribution in [0.15, 0.2) is 48.0 Å². The standard InChI is InChI=1S/C24H26FNO3/c1-4-5-8-13-26-21(17-9-6-7-10-19(17)25)20(23(28)24(26)29)22(27)18-14-15(2)11-12-16(18)3/h6-7,9-12,14,21,27H,4-5,8,13H2,1-3H3/b22-20+. The van der Waals surface area contributed by atoms with E-state index in [4.69, 9.17) is 0 Å². The van der Waals surface area contributed by atoms with Gasteiger partial charge in [-0.25, -0.2) is 4.39 Å². The third kappa shape index (κ3) is 3.95. The van der Waals surface area contributed by atoms with E-state index in [9.17, 15) is 19.1 Å². The molecular weight excluding hydrogens is 369 g/mol. The van der Waals surface area contributed by atoms with Gasteiger partial charge < -0.3 is 10.0 Å². The Hall–Kier alpha value is -2.95. The normalized spacial score (nSPS) is 18.5. The van der Waals surface area contributed by atoms with Crippen LogP contribution in [-0.2, 0) is 9.59 Å². The van der Waals surface area contributed by atoms with Gasteiger partial charge in [-0.15, -0.1) is 0 Å². The minimum Gasteiger partial charge on any atom is -0.507 e. The van der Waals surface area contributed by atoms with Crippen LogP contribution in [0.5, 0.6) is 0 Å². The largest absolute Gasteiger partial charge is 0.507 e. The van der Waals surface area contributed by atoms with Crippen molar-refractivity contribution in [3.05, 3.63) is 76.1 Å². The lowest BCUT2D eigenvalue weighted by Crippen LogP contribution is -2.31. The number of amides is 1. The zero-order chi connectivity index (χ0) is 21.1. The number of aryl methyl sites for hydroxylation is 2. The second-order valence-corrected chi connectivity index (χ2v) is 7.54. The molecule has 1 saturated heterocycles. The SMILES string of the molecule is CCCCCN1C(=O)C(=O)/C(=C(/O)c2cc(C)ccc2C)C1c1ccccc1F. The van der Waals surface area contributed by atoms with Crippen molar-refractivity contribution in [1.29, 1.82) is 0 Å². The summed E-state index contributed by atoms with van der Waals surface area (Å²) >= 11 is 0. The average Bonchev–Trinajstić information content (AvgIpc) is 2.94. The van der Waals surface area contributed by atoms with Crippen molar-refractivity contribution < 1.29 is 19.1 Å². The summed E-state index contributed by atoms with van der Waals surface area (Å²) in [6.07, 6.45) is 2.55. The lowest BCUT2D eigenvalue weighted by molar-refractivity contribution is -0.139. The summed E-state index contributed by atoms with van der Waals surface area (Å²) in [6, 6.07) is 10.7. The molecular formula is C24H26FNO3. The number of aliphatic hydroxyl groups is 1. The fourth-order valence-electron chi connectivity index (χ4n) is 3.80. The third-order valence-electron chi connectivity index (χ3n) is 5.39. The lowest BCUT2D eigenvalue weighted by Gasteiger charge is -2.25. The molecule has 1 heterocycles. The van der Waals surface area contributed by atoms with Crippen LogP contribution >= 0.6 is 0 Å². The number of hydrogen-bond acceptors (Lipinski definition) is 3. The van der Waals surface area contributed by atoms with Crippen LogP contribution in [-0.4, -0.2) is 28.2 Å². The van der Waals surface area contributed by atoms with Gasteiger partial charge >= 0.3 is 0 Å². The molecule has 4 nitrogen and oxygen atoms in total. The van der Waals surface area contributed by atoms with E-state index >= 15 is 0 Å². The van der Waals surface area contributed by atoms with E-state index in [2.05, 4.69) is 0 Å². The monoisotopic (exact) mass is 395 g/mol. The summed E-state index contributed by atoms with van der Waals surface area (Å²) in [6.45, 7) is 6.09. The minimum atomic E-state index is -0.937. The van der Waals surface area contributed by atoms with E-state index in [-0.39, 0.29) is 16.9 Å². The topological polar surface area (TPSA) is 57.6 Å². The first-order valence-corrected chi connectivity index (χ1v) is 9.97. The minimum absolute atomic E-state index is 0.0506. The number of nitrogens with zero attached hydrogens (tertiary/aromatic N) is 1. The second-order valence-electron chi connectivity index (χ2n) is 7.54. The summed E-state index contributed by atoms with van der Waals surface area (Å²) in [7, 11) is 0. The molecule has 1 amide bonds. The number of rotatable bonds is 6. The summed E-state index contributed by atoms with van der Waals surface area (Å²) in [5.74, 6) is -2.23. The van der Waals surface area contributed by atoms with Gasteiger partial charge in [0.25, 0.3) is 11.7 Å². The van der Waals surface area contributed by atoms with Crippen molar-refractivity contribution in [3.63, 3.8) is 0 Å². The molecule has 1 fully saturated rings. The quantitative estimate of drug-likeness (QED) is 0.322. The number of hydrogen-bond donors (Lipinski definition) is 1. The Kier molecular flexibility index (Phi) is 6.16. The molecule has 0 aliphatic carbocycles. The van der Waals surface area contributed by atoms with Gasteiger partial charge in [-0.3, -0.25) is 9.59 Å². The maximum Gasteiger partial charge on any atom is 0.295 e. The van der Waals surface area contributed by atoms with Gasteiger partial charge in [0, 0.05) is 17.7 Å². The summed E-state index contributed by atoms with van der Waals surface area (Å²) < 4.78 is 14.7. The van der Waals surface area contributed by atoms with Crippen LogP contribution in [0, 0.1) is 19.7 Å². The molecule has 29 heavy (non-hydrogen) atoms.